The molecule has 7 heteroatoms. The maximum atomic E-state index is 12.3. The van der Waals surface area contributed by atoms with Crippen molar-refractivity contribution in [1.29, 1.82) is 0 Å². The van der Waals surface area contributed by atoms with Crippen LogP contribution < -0.4 is 11.1 Å². The predicted octanol–water partition coefficient (Wildman–Crippen LogP) is 1.75. The van der Waals surface area contributed by atoms with Gasteiger partial charge in [-0.25, -0.2) is 4.68 Å². The van der Waals surface area contributed by atoms with E-state index in [-0.39, 0.29) is 23.9 Å². The molecule has 0 saturated heterocycles. The number of carbonyl (C=O) groups is 1. The van der Waals surface area contributed by atoms with Gasteiger partial charge in [0.05, 0.1) is 18.3 Å². The van der Waals surface area contributed by atoms with E-state index in [4.69, 9.17) is 5.73 Å². The first-order chi connectivity index (χ1) is 10.7. The molecule has 0 atom stereocenters. The average molecular weight is 336 g/mol. The molecule has 124 valence electrons. The second-order valence-electron chi connectivity index (χ2n) is 5.93. The summed E-state index contributed by atoms with van der Waals surface area (Å²) in [5.41, 5.74) is 7.05. The van der Waals surface area contributed by atoms with E-state index >= 15 is 0 Å². The monoisotopic (exact) mass is 335 g/mol. The second-order valence-corrected chi connectivity index (χ2v) is 5.93. The van der Waals surface area contributed by atoms with Crippen LogP contribution in [0.3, 0.4) is 0 Å². The molecule has 0 spiro atoms. The van der Waals surface area contributed by atoms with Crippen LogP contribution in [-0.4, -0.2) is 33.0 Å². The van der Waals surface area contributed by atoms with E-state index in [1.54, 1.807) is 10.9 Å². The van der Waals surface area contributed by atoms with Crippen LogP contribution in [0.25, 0.3) is 0 Å². The first kappa shape index (κ1) is 17.4. The number of nitrogens with one attached hydrogen (secondary N) is 1. The lowest BCUT2D eigenvalue weighted by Gasteiger charge is -2.28. The summed E-state index contributed by atoms with van der Waals surface area (Å²) in [4.78, 5) is 12.3. The predicted molar refractivity (Wildman–Crippen MR) is 90.5 cm³/mol. The summed E-state index contributed by atoms with van der Waals surface area (Å²) in [6.45, 7) is 1.07. The molecule has 1 amide bonds. The molecule has 1 saturated carbocycles. The van der Waals surface area contributed by atoms with Crippen molar-refractivity contribution in [3.05, 3.63) is 47.8 Å². The van der Waals surface area contributed by atoms with Crippen molar-refractivity contribution in [2.45, 2.75) is 37.8 Å². The molecule has 23 heavy (non-hydrogen) atoms. The fraction of sp³-hybridized carbons (Fsp3) is 0.438. The van der Waals surface area contributed by atoms with E-state index < -0.39 is 0 Å². The van der Waals surface area contributed by atoms with Crippen molar-refractivity contribution >= 4 is 18.3 Å². The van der Waals surface area contributed by atoms with Gasteiger partial charge < -0.3 is 11.1 Å². The van der Waals surface area contributed by atoms with Gasteiger partial charge in [0.1, 0.15) is 0 Å². The third kappa shape index (κ3) is 4.09. The number of nitrogens with two attached hydrogens (primary N) is 1. The highest BCUT2D eigenvalue weighted by molar-refractivity contribution is 5.92. The normalized spacial score (nSPS) is 15.9. The van der Waals surface area contributed by atoms with Crippen molar-refractivity contribution in [1.82, 2.24) is 20.3 Å². The maximum absolute atomic E-state index is 12.3. The fourth-order valence-corrected chi connectivity index (χ4v) is 2.99. The first-order valence-corrected chi connectivity index (χ1v) is 7.67. The topological polar surface area (TPSA) is 85.8 Å². The third-order valence-electron chi connectivity index (χ3n) is 4.29. The maximum Gasteiger partial charge on any atom is 0.273 e. The van der Waals surface area contributed by atoms with E-state index in [1.165, 1.54) is 0 Å². The minimum Gasteiger partial charge on any atom is -0.344 e. The van der Waals surface area contributed by atoms with Gasteiger partial charge in [0.2, 0.25) is 0 Å². The van der Waals surface area contributed by atoms with Crippen LogP contribution >= 0.6 is 12.4 Å². The molecule has 1 aromatic carbocycles. The number of benzene rings is 1. The number of amides is 1. The zero-order valence-electron chi connectivity index (χ0n) is 12.9. The summed E-state index contributed by atoms with van der Waals surface area (Å²) in [6, 6.07) is 9.96. The molecule has 1 aromatic heterocycles. The number of halogens is 1. The Morgan fingerprint density at radius 3 is 2.61 bits per heavy atom. The SMILES string of the molecule is Cl.NCC1(NC(=O)c2cn(Cc3ccccc3)nn2)CCCC1. The van der Waals surface area contributed by atoms with E-state index in [2.05, 4.69) is 15.6 Å². The smallest absolute Gasteiger partial charge is 0.273 e. The van der Waals surface area contributed by atoms with Crippen molar-refractivity contribution in [3.8, 4) is 0 Å². The number of hydrogen-bond acceptors (Lipinski definition) is 4. The van der Waals surface area contributed by atoms with Crippen molar-refractivity contribution in [2.24, 2.45) is 5.73 Å². The summed E-state index contributed by atoms with van der Waals surface area (Å²) >= 11 is 0. The Balaban J connectivity index is 0.00000192. The second kappa shape index (κ2) is 7.57. The Morgan fingerprint density at radius 1 is 1.26 bits per heavy atom. The Labute approximate surface area is 141 Å². The summed E-state index contributed by atoms with van der Waals surface area (Å²) in [5.74, 6) is -0.188. The van der Waals surface area contributed by atoms with Gasteiger partial charge in [-0.1, -0.05) is 48.4 Å². The van der Waals surface area contributed by atoms with Gasteiger partial charge in [0.15, 0.2) is 5.69 Å². The minimum absolute atomic E-state index is 0. The molecule has 0 aliphatic heterocycles. The number of carbonyl (C=O) groups excluding carboxylic acids is 1. The Hall–Kier alpha value is -1.92. The van der Waals surface area contributed by atoms with Crippen molar-refractivity contribution < 1.29 is 4.79 Å². The highest BCUT2D eigenvalue weighted by Crippen LogP contribution is 2.28. The van der Waals surface area contributed by atoms with Gasteiger partial charge >= 0.3 is 0 Å². The number of aromatic nitrogens is 3. The molecular formula is C16H22ClN5O. The molecule has 1 aliphatic carbocycles. The lowest BCUT2D eigenvalue weighted by atomic mass is 9.98. The van der Waals surface area contributed by atoms with Gasteiger partial charge in [0, 0.05) is 6.54 Å². The number of rotatable bonds is 5. The molecule has 0 bridgehead atoms. The lowest BCUT2D eigenvalue weighted by molar-refractivity contribution is 0.0898. The summed E-state index contributed by atoms with van der Waals surface area (Å²) < 4.78 is 1.67. The molecule has 1 aliphatic rings. The van der Waals surface area contributed by atoms with Gasteiger partial charge in [-0.3, -0.25) is 4.79 Å². The van der Waals surface area contributed by atoms with Gasteiger partial charge in [-0.2, -0.15) is 0 Å². The van der Waals surface area contributed by atoms with Gasteiger partial charge in [0.25, 0.3) is 5.91 Å². The molecule has 6 nitrogen and oxygen atoms in total. The first-order valence-electron chi connectivity index (χ1n) is 7.67. The number of nitrogens with zero attached hydrogens (tertiary/aromatic N) is 3. The van der Waals surface area contributed by atoms with E-state index in [1.807, 2.05) is 30.3 Å². The fourth-order valence-electron chi connectivity index (χ4n) is 2.99. The molecule has 3 N–H and O–H groups in total. The number of hydrogen-bond donors (Lipinski definition) is 2. The molecule has 1 fully saturated rings. The van der Waals surface area contributed by atoms with Gasteiger partial charge in [-0.05, 0) is 18.4 Å². The largest absolute Gasteiger partial charge is 0.344 e. The van der Waals surface area contributed by atoms with E-state index in [0.717, 1.165) is 31.2 Å². The van der Waals surface area contributed by atoms with Crippen LogP contribution in [0, 0.1) is 0 Å². The average Bonchev–Trinajstić information content (AvgIpc) is 3.18. The standard InChI is InChI=1S/C16H21N5O.ClH/c17-12-16(8-4-5-9-16)18-15(22)14-11-21(20-19-14)10-13-6-2-1-3-7-13;/h1-3,6-7,11H,4-5,8-10,12,17H2,(H,18,22);1H. The highest BCUT2D eigenvalue weighted by Gasteiger charge is 2.34. The van der Waals surface area contributed by atoms with Crippen LogP contribution in [0.5, 0.6) is 0 Å². The highest BCUT2D eigenvalue weighted by atomic mass is 35.5. The van der Waals surface area contributed by atoms with Crippen molar-refractivity contribution in [2.75, 3.05) is 6.54 Å². The van der Waals surface area contributed by atoms with E-state index in [0.29, 0.717) is 18.8 Å². The summed E-state index contributed by atoms with van der Waals surface area (Å²) in [6.07, 6.45) is 5.78. The third-order valence-corrected chi connectivity index (χ3v) is 4.29. The van der Waals surface area contributed by atoms with Crippen LogP contribution in [0.2, 0.25) is 0 Å². The lowest BCUT2D eigenvalue weighted by Crippen LogP contribution is -2.51. The zero-order chi connectivity index (χ0) is 15.4. The zero-order valence-corrected chi connectivity index (χ0v) is 13.8. The summed E-state index contributed by atoms with van der Waals surface area (Å²) in [7, 11) is 0. The van der Waals surface area contributed by atoms with Crippen molar-refractivity contribution in [3.63, 3.8) is 0 Å². The molecule has 2 aromatic rings. The molecular weight excluding hydrogens is 314 g/mol. The molecule has 3 rings (SSSR count). The quantitative estimate of drug-likeness (QED) is 0.871. The van der Waals surface area contributed by atoms with Gasteiger partial charge in [-0.15, -0.1) is 17.5 Å². The van der Waals surface area contributed by atoms with Crippen LogP contribution in [0.1, 0.15) is 41.7 Å². The Kier molecular flexibility index (Phi) is 5.74. The molecule has 1 heterocycles. The van der Waals surface area contributed by atoms with Crippen LogP contribution in [0.15, 0.2) is 36.5 Å². The minimum atomic E-state index is -0.264. The Bertz CT molecular complexity index is 637. The Morgan fingerprint density at radius 2 is 1.96 bits per heavy atom. The summed E-state index contributed by atoms with van der Waals surface area (Å²) in [5, 5.41) is 11.1. The van der Waals surface area contributed by atoms with Crippen LogP contribution in [-0.2, 0) is 6.54 Å². The van der Waals surface area contributed by atoms with Crippen LogP contribution in [0.4, 0.5) is 0 Å². The molecule has 0 radical (unpaired) electrons. The molecule has 0 unspecified atom stereocenters. The van der Waals surface area contributed by atoms with E-state index in [9.17, 15) is 4.79 Å².